The number of aliphatic hydroxyl groups excluding tert-OH is 6. The molecule has 36 nitrogen and oxygen atoms in total. The fourth-order valence-corrected chi connectivity index (χ4v) is 6.85. The molecule has 44 heteroatoms. The molecule has 2 aromatic carbocycles. The fourth-order valence-electron chi connectivity index (χ4n) is 3.40. The van der Waals surface area contributed by atoms with Gasteiger partial charge in [-0.15, -0.1) is 0 Å². The van der Waals surface area contributed by atoms with E-state index in [-0.39, 0.29) is 134 Å². The molecule has 420 valence electrons. The Morgan fingerprint density at radius 3 is 0.353 bits per heavy atom. The molecule has 2 aromatic rings. The Morgan fingerprint density at radius 2 is 0.309 bits per heavy atom. The summed E-state index contributed by atoms with van der Waals surface area (Å²) >= 11 is 0. The molecule has 0 saturated carbocycles. The predicted molar refractivity (Wildman–Crippen MR) is 252 cm³/mol. The summed E-state index contributed by atoms with van der Waals surface area (Å²) in [6.45, 7) is 0. The maximum atomic E-state index is 10.7. The first-order chi connectivity index (χ1) is 24.5. The largest absolute Gasteiger partial charge is 3.00 e. The van der Waals surface area contributed by atoms with Gasteiger partial charge in [-0.2, -0.15) is 0 Å². The third-order valence-corrected chi connectivity index (χ3v) is 8.41. The van der Waals surface area contributed by atoms with Crippen molar-refractivity contribution in [2.45, 2.75) is 34.5 Å². The molecule has 0 bridgehead atoms. The van der Waals surface area contributed by atoms with Gasteiger partial charge >= 0.3 is 34.7 Å². The van der Waals surface area contributed by atoms with Gasteiger partial charge in [0.25, 0.3) is 0 Å². The molecular formula is C24H78Al2O36S6+12. The molecule has 0 unspecified atom stereocenters. The van der Waals surface area contributed by atoms with Crippen molar-refractivity contribution >= 4 is 95.4 Å². The van der Waals surface area contributed by atoms with Crippen molar-refractivity contribution in [3.05, 3.63) is 69.8 Å². The third-order valence-electron chi connectivity index (χ3n) is 4.29. The summed E-state index contributed by atoms with van der Waals surface area (Å²) < 4.78 is 192. The van der Waals surface area contributed by atoms with Crippen LogP contribution in [0.5, 0.6) is 0 Å². The standard InChI is InChI=1S/2C9H12O9S3.6CH4O.2Al.12H2O/c2*10-19(11,12)4-7-1-8(5-20(13,14)15)3-9(2-7)6-21(16,17)18;6*1-2;;;;;;;;;;;;;;/h2*1-3H,4-6H2,(H,10,11,12)(H,13,14,15)(H,16,17,18);6*2H,1H3;;;12*1H2/q;;;;;;;;2*+3;;;;;;;;;;;;/p+6. The molecule has 42 N–H and O–H groups in total. The summed E-state index contributed by atoms with van der Waals surface area (Å²) in [6.07, 6.45) is 0. The first-order valence-corrected chi connectivity index (χ1v) is 22.5. The van der Waals surface area contributed by atoms with Gasteiger partial charge in [0.2, 0.25) is 0 Å². The maximum absolute atomic E-state index is 10.7. The van der Waals surface area contributed by atoms with Gasteiger partial charge in [-0.05, 0) is 33.4 Å². The van der Waals surface area contributed by atoms with Crippen LogP contribution in [0.3, 0.4) is 0 Å². The number of hydrogen-bond acceptors (Lipinski definition) is 24. The summed E-state index contributed by atoms with van der Waals surface area (Å²) in [5.74, 6) is -6.13. The molecule has 0 atom stereocenters. The van der Waals surface area contributed by atoms with Crippen LogP contribution in [0.1, 0.15) is 33.4 Å². The minimum absolute atomic E-state index is 0. The molecule has 0 aromatic heterocycles. The third kappa shape index (κ3) is 94.1. The summed E-state index contributed by atoms with van der Waals surface area (Å²) in [5.41, 5.74) is -1.22. The van der Waals surface area contributed by atoms with Crippen molar-refractivity contribution < 1.29 is 174 Å². The number of benzene rings is 2. The normalized spacial score (nSPS) is 8.74. The zero-order valence-electron chi connectivity index (χ0n) is 37.3. The predicted octanol–water partition coefficient (Wildman–Crippen LogP) is -16.5. The van der Waals surface area contributed by atoms with E-state index in [1.54, 1.807) is 0 Å². The second-order valence-corrected chi connectivity index (χ2v) is 17.0. The number of rotatable bonds is 12. The number of hydrogen-bond donors (Lipinski definition) is 6. The van der Waals surface area contributed by atoms with Gasteiger partial charge in [-0.1, -0.05) is 36.4 Å². The van der Waals surface area contributed by atoms with E-state index in [0.29, 0.717) is 0 Å². The summed E-state index contributed by atoms with van der Waals surface area (Å²) in [7, 11) is -22.2. The van der Waals surface area contributed by atoms with Gasteiger partial charge in [0.1, 0.15) is 0 Å². The minimum atomic E-state index is -4.70. The number of aliphatic hydroxyl groups is 6. The van der Waals surface area contributed by atoms with E-state index in [1.165, 1.54) is 0 Å². The average molecular weight is 1190 g/mol. The Labute approximate surface area is 414 Å². The Hall–Kier alpha value is -1.76. The molecule has 0 radical (unpaired) electrons. The van der Waals surface area contributed by atoms with Crippen molar-refractivity contribution in [2.75, 3.05) is 42.7 Å². The van der Waals surface area contributed by atoms with Gasteiger partial charge in [0.15, 0.2) is 0 Å². The first-order valence-electron chi connectivity index (χ1n) is 13.0. The topological polar surface area (TPSA) is 861 Å². The van der Waals surface area contributed by atoms with E-state index in [4.69, 9.17) is 30.6 Å². The van der Waals surface area contributed by atoms with Crippen LogP contribution in [0.15, 0.2) is 36.4 Å². The molecule has 0 amide bonds. The quantitative estimate of drug-likeness (QED) is 0.0653. The molecule has 0 spiro atoms. The second-order valence-electron chi connectivity index (χ2n) is 8.53. The van der Waals surface area contributed by atoms with Crippen molar-refractivity contribution in [3.63, 3.8) is 0 Å². The molecule has 0 aliphatic heterocycles. The van der Waals surface area contributed by atoms with Crippen LogP contribution in [0, 0.1) is 0 Å². The van der Waals surface area contributed by atoms with E-state index < -0.39 is 95.2 Å². The Bertz CT molecular complexity index is 1600. The Balaban J connectivity index is -0.0000000263. The van der Waals surface area contributed by atoms with E-state index in [2.05, 4.69) is 0 Å². The van der Waals surface area contributed by atoms with E-state index in [0.717, 1.165) is 79.1 Å². The van der Waals surface area contributed by atoms with E-state index >= 15 is 0 Å². The van der Waals surface area contributed by atoms with E-state index in [9.17, 15) is 77.8 Å². The molecule has 0 fully saturated rings. The zero-order valence-corrected chi connectivity index (χ0v) is 44.5. The molecule has 0 aliphatic carbocycles. The Morgan fingerprint density at radius 1 is 0.250 bits per heavy atom. The van der Waals surface area contributed by atoms with Crippen molar-refractivity contribution in [3.8, 4) is 0 Å². The van der Waals surface area contributed by atoms with E-state index in [1.807, 2.05) is 0 Å². The van der Waals surface area contributed by atoms with Crippen LogP contribution >= 0.6 is 0 Å². The molecule has 0 aliphatic rings. The molecule has 2 rings (SSSR count). The molecule has 0 heterocycles. The summed E-state index contributed by atoms with van der Waals surface area (Å²) in [4.78, 5) is 0. The SMILES string of the molecule is CO.CO.CO.CO.CO.CO.O=S(=O)([O-])Cc1cc(CS(=O)(=O)[O-])cc(CS(=O)(=O)[O-])c1.O=S(=O)([O-])Cc1cc(CS(=O)(=O)[O-])cc(CS(=O)(=O)[O-])c1.[Al+3].[Al+3].[OH3+].[OH3+].[OH3+].[OH3+].[OH3+].[OH3+].[OH3+].[OH3+].[OH3+].[OH3+].[OH3+].[OH3+]. The van der Waals surface area contributed by atoms with Crippen LogP contribution in [0.25, 0.3) is 0 Å². The van der Waals surface area contributed by atoms with Crippen molar-refractivity contribution in [1.29, 1.82) is 0 Å². The van der Waals surface area contributed by atoms with Gasteiger partial charge in [-0.3, -0.25) is 0 Å². The van der Waals surface area contributed by atoms with Gasteiger partial charge in [0.05, 0.1) is 95.2 Å². The van der Waals surface area contributed by atoms with Gasteiger partial charge in [-0.25, -0.2) is 50.5 Å². The fraction of sp³-hybridized carbons (Fsp3) is 0.500. The minimum Gasteiger partial charge on any atom is -0.748 e. The average Bonchev–Trinajstić information content (AvgIpc) is 2.98. The molecule has 0 saturated heterocycles. The van der Waals surface area contributed by atoms with Crippen molar-refractivity contribution in [1.82, 2.24) is 0 Å². The molecule has 68 heavy (non-hydrogen) atoms. The smallest absolute Gasteiger partial charge is 0.748 e. The van der Waals surface area contributed by atoms with Crippen molar-refractivity contribution in [2.24, 2.45) is 0 Å². The maximum Gasteiger partial charge on any atom is 3.00 e. The summed E-state index contributed by atoms with van der Waals surface area (Å²) in [5, 5.41) is 42.0. The molecular weight excluding hydrogens is 1110 g/mol. The first kappa shape index (κ1) is 132. The monoisotopic (exact) mass is 1190 g/mol. The summed E-state index contributed by atoms with van der Waals surface area (Å²) in [6, 6.07) is 5.87. The van der Waals surface area contributed by atoms with Crippen LogP contribution in [-0.4, -0.2) is 186 Å². The van der Waals surface area contributed by atoms with Gasteiger partial charge < -0.3 is 124 Å². The van der Waals surface area contributed by atoms with Crippen LogP contribution in [-0.2, 0) is 161 Å². The van der Waals surface area contributed by atoms with Crippen LogP contribution in [0.2, 0.25) is 0 Å². The Kier molecular flexibility index (Phi) is 127. The van der Waals surface area contributed by atoms with Crippen LogP contribution in [0.4, 0.5) is 0 Å². The van der Waals surface area contributed by atoms with Crippen LogP contribution < -0.4 is 0 Å². The second kappa shape index (κ2) is 65.2. The zero-order chi connectivity index (χ0) is 44.9. The van der Waals surface area contributed by atoms with Gasteiger partial charge in [0, 0.05) is 42.7 Å².